The predicted octanol–water partition coefficient (Wildman–Crippen LogP) is 2.30. The summed E-state index contributed by atoms with van der Waals surface area (Å²) in [6.07, 6.45) is 0.394. The van der Waals surface area contributed by atoms with E-state index in [2.05, 4.69) is 26.8 Å². The van der Waals surface area contributed by atoms with Crippen molar-refractivity contribution in [1.29, 1.82) is 0 Å². The molecule has 0 radical (unpaired) electrons. The van der Waals surface area contributed by atoms with Gasteiger partial charge in [-0.1, -0.05) is 24.8 Å². The van der Waals surface area contributed by atoms with Crippen LogP contribution in [0.5, 0.6) is 0 Å². The SMILES string of the molecule is CCc1ncnc2c1C#Cc1ccc(N)nc1C(F)c1cc-2ccc1C(=O)N1CCN(CC(=O)N(C)C)CC1. The number of piperazine rings is 1. The van der Waals surface area contributed by atoms with Crippen LogP contribution in [0.3, 0.4) is 0 Å². The van der Waals surface area contributed by atoms with E-state index in [9.17, 15) is 9.59 Å². The molecule has 2 aliphatic rings. The van der Waals surface area contributed by atoms with E-state index in [1.165, 1.54) is 6.33 Å². The lowest BCUT2D eigenvalue weighted by Gasteiger charge is -2.35. The van der Waals surface area contributed by atoms with E-state index in [4.69, 9.17) is 5.73 Å². The number of aryl methyl sites for hydroxylation is 1. The minimum atomic E-state index is -1.73. The van der Waals surface area contributed by atoms with Crippen molar-refractivity contribution in [2.75, 3.05) is 52.6 Å². The Morgan fingerprint density at radius 3 is 2.59 bits per heavy atom. The number of carbonyl (C=O) groups is 2. The van der Waals surface area contributed by atoms with Gasteiger partial charge < -0.3 is 15.5 Å². The van der Waals surface area contributed by atoms with Gasteiger partial charge in [-0.2, -0.15) is 0 Å². The Labute approximate surface area is 226 Å². The maximum Gasteiger partial charge on any atom is 0.254 e. The minimum absolute atomic E-state index is 0.0122. The van der Waals surface area contributed by atoms with Crippen molar-refractivity contribution in [3.63, 3.8) is 0 Å². The van der Waals surface area contributed by atoms with Gasteiger partial charge in [0.1, 0.15) is 12.1 Å². The van der Waals surface area contributed by atoms with Gasteiger partial charge >= 0.3 is 0 Å². The fourth-order valence-electron chi connectivity index (χ4n) is 4.83. The quantitative estimate of drug-likeness (QED) is 0.519. The highest BCUT2D eigenvalue weighted by Gasteiger charge is 2.30. The molecule has 3 heterocycles. The Hall–Kier alpha value is -4.36. The highest BCUT2D eigenvalue weighted by atomic mass is 19.1. The van der Waals surface area contributed by atoms with Gasteiger partial charge in [0.05, 0.1) is 29.2 Å². The van der Waals surface area contributed by atoms with Gasteiger partial charge in [0.2, 0.25) is 5.91 Å². The Balaban J connectivity index is 1.55. The summed E-state index contributed by atoms with van der Waals surface area (Å²) < 4.78 is 16.4. The molecule has 39 heavy (non-hydrogen) atoms. The molecule has 1 fully saturated rings. The number of likely N-dealkylation sites (N-methyl/N-ethyl adjacent to an activating group) is 1. The van der Waals surface area contributed by atoms with Crippen LogP contribution in [0.25, 0.3) is 11.3 Å². The largest absolute Gasteiger partial charge is 0.384 e. The first kappa shape index (κ1) is 26.3. The Morgan fingerprint density at radius 2 is 1.87 bits per heavy atom. The molecule has 2 aromatic heterocycles. The van der Waals surface area contributed by atoms with E-state index < -0.39 is 6.17 Å². The molecular weight excluding hydrogens is 497 g/mol. The van der Waals surface area contributed by atoms with E-state index >= 15 is 4.39 Å². The fraction of sp³-hybridized carbons (Fsp3) is 0.345. The van der Waals surface area contributed by atoms with Crippen molar-refractivity contribution in [1.82, 2.24) is 29.7 Å². The maximum absolute atomic E-state index is 16.4. The third kappa shape index (κ3) is 5.18. The standard InChI is InChI=1S/C29H30FN7O2/c1-4-23-21-9-5-18-7-10-24(31)34-28(18)26(30)22-15-19(27(21)33-17-32-23)6-8-20(22)29(39)37-13-11-36(12-14-37)16-25(38)35(2)3/h6-8,10,15,17,26H,4,11-14,16H2,1-3H3,(H2,31,34). The van der Waals surface area contributed by atoms with Crippen LogP contribution in [-0.2, 0) is 11.2 Å². The van der Waals surface area contributed by atoms with E-state index in [0.29, 0.717) is 61.5 Å². The molecule has 1 unspecified atom stereocenters. The molecule has 200 valence electrons. The lowest BCUT2D eigenvalue weighted by Crippen LogP contribution is -2.51. The van der Waals surface area contributed by atoms with Crippen LogP contribution in [-0.4, -0.2) is 88.3 Å². The zero-order valence-corrected chi connectivity index (χ0v) is 22.2. The predicted molar refractivity (Wildman–Crippen MR) is 145 cm³/mol. The summed E-state index contributed by atoms with van der Waals surface area (Å²) >= 11 is 0. The van der Waals surface area contributed by atoms with Crippen molar-refractivity contribution in [2.45, 2.75) is 19.5 Å². The number of hydrogen-bond acceptors (Lipinski definition) is 7. The van der Waals surface area contributed by atoms with E-state index in [-0.39, 0.29) is 34.5 Å². The van der Waals surface area contributed by atoms with Gasteiger partial charge in [-0.3, -0.25) is 14.5 Å². The molecule has 1 aliphatic heterocycles. The monoisotopic (exact) mass is 527 g/mol. The molecule has 2 amide bonds. The number of amides is 2. The van der Waals surface area contributed by atoms with Crippen LogP contribution in [0.4, 0.5) is 10.2 Å². The van der Waals surface area contributed by atoms with Gasteiger partial charge in [0.15, 0.2) is 6.17 Å². The number of nitrogens with zero attached hydrogens (tertiary/aromatic N) is 6. The Morgan fingerprint density at radius 1 is 1.10 bits per heavy atom. The highest BCUT2D eigenvalue weighted by Crippen LogP contribution is 2.35. The average molecular weight is 528 g/mol. The molecule has 0 saturated carbocycles. The van der Waals surface area contributed by atoms with Crippen molar-refractivity contribution >= 4 is 17.6 Å². The molecule has 5 rings (SSSR count). The summed E-state index contributed by atoms with van der Waals surface area (Å²) in [6, 6.07) is 8.32. The van der Waals surface area contributed by atoms with Gasteiger partial charge in [-0.25, -0.2) is 19.3 Å². The smallest absolute Gasteiger partial charge is 0.254 e. The van der Waals surface area contributed by atoms with Crippen molar-refractivity contribution in [2.24, 2.45) is 0 Å². The van der Waals surface area contributed by atoms with Crippen molar-refractivity contribution in [3.8, 4) is 23.1 Å². The molecule has 3 aromatic rings. The molecule has 2 N–H and O–H groups in total. The number of rotatable bonds is 4. The van der Waals surface area contributed by atoms with Gasteiger partial charge in [-0.05, 0) is 30.7 Å². The summed E-state index contributed by atoms with van der Waals surface area (Å²) in [5, 5.41) is 0. The summed E-state index contributed by atoms with van der Waals surface area (Å²) in [6.45, 7) is 4.26. The molecule has 0 spiro atoms. The third-order valence-corrected chi connectivity index (χ3v) is 7.11. The number of benzene rings is 1. The summed E-state index contributed by atoms with van der Waals surface area (Å²) in [4.78, 5) is 44.3. The molecule has 1 aliphatic carbocycles. The molecule has 1 aromatic carbocycles. The number of fused-ring (bicyclic) bond motifs is 5. The second-order valence-electron chi connectivity index (χ2n) is 9.84. The van der Waals surface area contributed by atoms with Crippen LogP contribution in [0.15, 0.2) is 36.7 Å². The first-order valence-electron chi connectivity index (χ1n) is 12.9. The molecule has 1 saturated heterocycles. The van der Waals surface area contributed by atoms with E-state index in [0.717, 1.165) is 5.69 Å². The normalized spacial score (nSPS) is 16.4. The third-order valence-electron chi connectivity index (χ3n) is 7.11. The molecule has 9 nitrogen and oxygen atoms in total. The summed E-state index contributed by atoms with van der Waals surface area (Å²) in [7, 11) is 3.44. The number of nitrogens with two attached hydrogens (primary N) is 1. The molecule has 10 heteroatoms. The summed E-state index contributed by atoms with van der Waals surface area (Å²) in [5.41, 5.74) is 9.50. The minimum Gasteiger partial charge on any atom is -0.384 e. The number of carbonyl (C=O) groups excluding carboxylic acids is 2. The van der Waals surface area contributed by atoms with Gasteiger partial charge in [0.25, 0.3) is 5.91 Å². The number of pyridine rings is 1. The number of nitrogen functional groups attached to an aromatic ring is 1. The molecule has 2 bridgehead atoms. The summed E-state index contributed by atoms with van der Waals surface area (Å²) in [5.74, 6) is 6.10. The van der Waals surface area contributed by atoms with Crippen LogP contribution in [0.2, 0.25) is 0 Å². The number of hydrogen-bond donors (Lipinski definition) is 1. The lowest BCUT2D eigenvalue weighted by molar-refractivity contribution is -0.130. The van der Waals surface area contributed by atoms with Gasteiger partial charge in [0, 0.05) is 62.5 Å². The number of anilines is 1. The van der Waals surface area contributed by atoms with Crippen LogP contribution in [0.1, 0.15) is 51.5 Å². The fourth-order valence-corrected chi connectivity index (χ4v) is 4.83. The lowest BCUT2D eigenvalue weighted by atomic mass is 9.92. The van der Waals surface area contributed by atoms with Gasteiger partial charge in [-0.15, -0.1) is 0 Å². The zero-order valence-electron chi connectivity index (χ0n) is 22.2. The number of aromatic nitrogens is 3. The molecule has 1 atom stereocenters. The maximum atomic E-state index is 16.4. The second-order valence-corrected chi connectivity index (χ2v) is 9.84. The molecular formula is C29H30FN7O2. The van der Waals surface area contributed by atoms with Crippen LogP contribution in [0, 0.1) is 11.8 Å². The Kier molecular flexibility index (Phi) is 7.26. The van der Waals surface area contributed by atoms with E-state index in [1.807, 2.05) is 11.8 Å². The topological polar surface area (TPSA) is 109 Å². The highest BCUT2D eigenvalue weighted by molar-refractivity contribution is 5.97. The number of alkyl halides is 1. The van der Waals surface area contributed by atoms with Crippen molar-refractivity contribution in [3.05, 3.63) is 70.3 Å². The second kappa shape index (κ2) is 10.8. The Bertz CT molecular complexity index is 1500. The van der Waals surface area contributed by atoms with Crippen LogP contribution >= 0.6 is 0 Å². The first-order chi connectivity index (χ1) is 18.8. The average Bonchev–Trinajstić information content (AvgIpc) is 2.95. The van der Waals surface area contributed by atoms with Crippen molar-refractivity contribution < 1.29 is 14.0 Å². The van der Waals surface area contributed by atoms with Crippen LogP contribution < -0.4 is 5.73 Å². The number of halogens is 1. The zero-order chi connectivity index (χ0) is 27.7. The van der Waals surface area contributed by atoms with E-state index in [1.54, 1.807) is 54.2 Å². The first-order valence-corrected chi connectivity index (χ1v) is 12.9.